The molecule has 0 atom stereocenters. The van der Waals surface area contributed by atoms with Gasteiger partial charge < -0.3 is 10.6 Å². The summed E-state index contributed by atoms with van der Waals surface area (Å²) >= 11 is 1.65. The first-order valence-corrected chi connectivity index (χ1v) is 8.48. The lowest BCUT2D eigenvalue weighted by Crippen LogP contribution is -2.46. The summed E-state index contributed by atoms with van der Waals surface area (Å²) in [6.07, 6.45) is 9.38. The molecule has 2 heterocycles. The highest BCUT2D eigenvalue weighted by Gasteiger charge is 2.34. The molecular weight excluding hydrogens is 282 g/mol. The van der Waals surface area contributed by atoms with E-state index in [0.717, 1.165) is 23.2 Å². The molecule has 0 radical (unpaired) electrons. The van der Waals surface area contributed by atoms with Crippen LogP contribution in [0.5, 0.6) is 0 Å². The maximum Gasteiger partial charge on any atom is 0.193 e. The summed E-state index contributed by atoms with van der Waals surface area (Å²) in [5.74, 6) is 0.867. The van der Waals surface area contributed by atoms with Gasteiger partial charge in [-0.3, -0.25) is 9.39 Å². The predicted octanol–water partition coefficient (Wildman–Crippen LogP) is 2.64. The number of hydrogen-bond donors (Lipinski definition) is 2. The third kappa shape index (κ3) is 3.05. The van der Waals surface area contributed by atoms with E-state index in [4.69, 9.17) is 0 Å². The van der Waals surface area contributed by atoms with Crippen molar-refractivity contribution in [2.75, 3.05) is 13.6 Å². The minimum Gasteiger partial charge on any atom is -0.356 e. The van der Waals surface area contributed by atoms with Gasteiger partial charge in [-0.25, -0.2) is 4.98 Å². The van der Waals surface area contributed by atoms with Crippen LogP contribution in [0.15, 0.2) is 22.8 Å². The fraction of sp³-hybridized carbons (Fsp3) is 0.600. The number of nitrogens with zero attached hydrogens (tertiary/aromatic N) is 3. The van der Waals surface area contributed by atoms with Crippen molar-refractivity contribution in [2.45, 2.75) is 39.2 Å². The highest BCUT2D eigenvalue weighted by Crippen LogP contribution is 2.42. The second kappa shape index (κ2) is 6.05. The molecule has 1 aliphatic carbocycles. The Morgan fingerprint density at radius 2 is 2.33 bits per heavy atom. The monoisotopic (exact) mass is 305 g/mol. The van der Waals surface area contributed by atoms with E-state index in [9.17, 15) is 0 Å². The number of fused-ring (bicyclic) bond motifs is 1. The number of hydrogen-bond acceptors (Lipinski definition) is 3. The summed E-state index contributed by atoms with van der Waals surface area (Å²) in [4.78, 5) is 9.91. The fourth-order valence-corrected chi connectivity index (χ4v) is 3.58. The number of thiazole rings is 1. The maximum absolute atomic E-state index is 4.57. The summed E-state index contributed by atoms with van der Waals surface area (Å²) in [5.41, 5.74) is 1.54. The SMILES string of the molecule is CCC1(CNC(=NC)NCc2cn3ccsc3n2)CCC1. The molecular formula is C15H23N5S. The van der Waals surface area contributed by atoms with Crippen LogP contribution in [0, 0.1) is 5.41 Å². The van der Waals surface area contributed by atoms with Gasteiger partial charge in [0.25, 0.3) is 0 Å². The van der Waals surface area contributed by atoms with E-state index in [0.29, 0.717) is 12.0 Å². The topological polar surface area (TPSA) is 53.7 Å². The molecule has 0 bridgehead atoms. The Morgan fingerprint density at radius 1 is 1.48 bits per heavy atom. The van der Waals surface area contributed by atoms with Crippen LogP contribution in [0.1, 0.15) is 38.3 Å². The fourth-order valence-electron chi connectivity index (χ4n) is 2.86. The number of imidazole rings is 1. The lowest BCUT2D eigenvalue weighted by Gasteiger charge is -2.41. The molecule has 0 aliphatic heterocycles. The van der Waals surface area contributed by atoms with Gasteiger partial charge in [-0.2, -0.15) is 0 Å². The van der Waals surface area contributed by atoms with Crippen LogP contribution in [0.3, 0.4) is 0 Å². The quantitative estimate of drug-likeness (QED) is 0.659. The number of rotatable bonds is 5. The van der Waals surface area contributed by atoms with E-state index in [1.165, 1.54) is 25.7 Å². The van der Waals surface area contributed by atoms with Gasteiger partial charge in [-0.15, -0.1) is 11.3 Å². The molecule has 0 saturated heterocycles. The molecule has 1 fully saturated rings. The van der Waals surface area contributed by atoms with Gasteiger partial charge in [-0.05, 0) is 24.7 Å². The van der Waals surface area contributed by atoms with Crippen molar-refractivity contribution in [1.82, 2.24) is 20.0 Å². The van der Waals surface area contributed by atoms with Crippen molar-refractivity contribution in [1.29, 1.82) is 0 Å². The highest BCUT2D eigenvalue weighted by atomic mass is 32.1. The molecule has 1 aliphatic rings. The Bertz CT molecular complexity index is 589. The van der Waals surface area contributed by atoms with Crippen LogP contribution < -0.4 is 10.6 Å². The smallest absolute Gasteiger partial charge is 0.193 e. The minimum atomic E-state index is 0.495. The van der Waals surface area contributed by atoms with Gasteiger partial charge >= 0.3 is 0 Å². The van der Waals surface area contributed by atoms with E-state index in [-0.39, 0.29) is 0 Å². The van der Waals surface area contributed by atoms with E-state index in [1.807, 2.05) is 18.6 Å². The van der Waals surface area contributed by atoms with E-state index in [2.05, 4.69) is 38.1 Å². The van der Waals surface area contributed by atoms with Crippen LogP contribution in [0.25, 0.3) is 4.96 Å². The van der Waals surface area contributed by atoms with E-state index < -0.39 is 0 Å². The minimum absolute atomic E-state index is 0.495. The summed E-state index contributed by atoms with van der Waals surface area (Å²) in [5, 5.41) is 8.86. The molecule has 0 amide bonds. The second-order valence-electron chi connectivity index (χ2n) is 5.81. The third-order valence-electron chi connectivity index (χ3n) is 4.60. The van der Waals surface area contributed by atoms with Crippen LogP contribution >= 0.6 is 11.3 Å². The Kier molecular flexibility index (Phi) is 4.14. The third-order valence-corrected chi connectivity index (χ3v) is 5.37. The first kappa shape index (κ1) is 14.4. The molecule has 2 aromatic heterocycles. The number of aliphatic imine (C=N–C) groups is 1. The summed E-state index contributed by atoms with van der Waals surface area (Å²) < 4.78 is 2.05. The van der Waals surface area contributed by atoms with Crippen LogP contribution in [-0.2, 0) is 6.54 Å². The molecule has 21 heavy (non-hydrogen) atoms. The molecule has 0 spiro atoms. The normalized spacial score (nSPS) is 17.7. The zero-order valence-corrected chi connectivity index (χ0v) is 13.5. The summed E-state index contributed by atoms with van der Waals surface area (Å²) in [7, 11) is 1.82. The van der Waals surface area contributed by atoms with Crippen molar-refractivity contribution in [3.05, 3.63) is 23.5 Å². The van der Waals surface area contributed by atoms with Gasteiger partial charge in [0.05, 0.1) is 12.2 Å². The molecule has 6 heteroatoms. The second-order valence-corrected chi connectivity index (χ2v) is 6.68. The van der Waals surface area contributed by atoms with Crippen LogP contribution in [-0.4, -0.2) is 28.9 Å². The first-order chi connectivity index (χ1) is 10.2. The zero-order chi connectivity index (χ0) is 14.7. The molecule has 2 N–H and O–H groups in total. The van der Waals surface area contributed by atoms with Gasteiger partial charge in [0.15, 0.2) is 10.9 Å². The Balaban J connectivity index is 1.51. The van der Waals surface area contributed by atoms with E-state index in [1.54, 1.807) is 11.3 Å². The highest BCUT2D eigenvalue weighted by molar-refractivity contribution is 7.15. The first-order valence-electron chi connectivity index (χ1n) is 7.60. The molecule has 2 aromatic rings. The lowest BCUT2D eigenvalue weighted by molar-refractivity contribution is 0.131. The lowest BCUT2D eigenvalue weighted by atomic mass is 9.67. The van der Waals surface area contributed by atoms with Gasteiger partial charge in [-0.1, -0.05) is 13.3 Å². The number of nitrogens with one attached hydrogen (secondary N) is 2. The number of aromatic nitrogens is 2. The standard InChI is InChI=1S/C15H23N5S/c1-3-15(5-4-6-15)11-18-13(16-2)17-9-12-10-20-7-8-21-14(20)19-12/h7-8,10H,3-6,9,11H2,1-2H3,(H2,16,17,18). The average Bonchev–Trinajstić information content (AvgIpc) is 3.02. The van der Waals surface area contributed by atoms with Crippen molar-refractivity contribution in [3.63, 3.8) is 0 Å². The summed E-state index contributed by atoms with van der Waals surface area (Å²) in [6, 6.07) is 0. The van der Waals surface area contributed by atoms with Crippen LogP contribution in [0.4, 0.5) is 0 Å². The van der Waals surface area contributed by atoms with Crippen molar-refractivity contribution in [3.8, 4) is 0 Å². The molecule has 3 rings (SSSR count). The summed E-state index contributed by atoms with van der Waals surface area (Å²) in [6.45, 7) is 4.00. The predicted molar refractivity (Wildman–Crippen MR) is 87.8 cm³/mol. The molecule has 5 nitrogen and oxygen atoms in total. The molecule has 0 aromatic carbocycles. The van der Waals surface area contributed by atoms with E-state index >= 15 is 0 Å². The Hall–Kier alpha value is -1.56. The Morgan fingerprint density at radius 3 is 2.95 bits per heavy atom. The maximum atomic E-state index is 4.57. The van der Waals surface area contributed by atoms with Crippen molar-refractivity contribution >= 4 is 22.3 Å². The Labute approximate surface area is 129 Å². The molecule has 114 valence electrons. The average molecular weight is 305 g/mol. The number of guanidine groups is 1. The molecule has 0 unspecified atom stereocenters. The van der Waals surface area contributed by atoms with Crippen molar-refractivity contribution in [2.24, 2.45) is 10.4 Å². The van der Waals surface area contributed by atoms with Gasteiger partial charge in [0.2, 0.25) is 0 Å². The van der Waals surface area contributed by atoms with Gasteiger partial charge in [0, 0.05) is 31.4 Å². The van der Waals surface area contributed by atoms with Gasteiger partial charge in [0.1, 0.15) is 0 Å². The molecule has 1 saturated carbocycles. The van der Waals surface area contributed by atoms with Crippen molar-refractivity contribution < 1.29 is 0 Å². The van der Waals surface area contributed by atoms with Crippen LogP contribution in [0.2, 0.25) is 0 Å². The zero-order valence-electron chi connectivity index (χ0n) is 12.7. The largest absolute Gasteiger partial charge is 0.356 e.